The third-order valence-electron chi connectivity index (χ3n) is 2.60. The molecular weight excluding hydrogens is 241 g/mol. The fourth-order valence-corrected chi connectivity index (χ4v) is 1.86. The van der Waals surface area contributed by atoms with E-state index in [9.17, 15) is 4.39 Å². The first-order valence-corrected chi connectivity index (χ1v) is 6.49. The minimum Gasteiger partial charge on any atom is -0.365 e. The smallest absolute Gasteiger partial charge is 0.224 e. The van der Waals surface area contributed by atoms with Gasteiger partial charge in [0, 0.05) is 6.04 Å². The molecule has 17 heavy (non-hydrogen) atoms. The third-order valence-corrected chi connectivity index (χ3v) is 2.78. The van der Waals surface area contributed by atoms with Crippen LogP contribution in [0.15, 0.2) is 6.20 Å². The highest BCUT2D eigenvalue weighted by Crippen LogP contribution is 2.17. The predicted octanol–water partition coefficient (Wildman–Crippen LogP) is 4.04. The van der Waals surface area contributed by atoms with E-state index in [1.165, 1.54) is 0 Å². The molecule has 0 bridgehead atoms. The van der Waals surface area contributed by atoms with Gasteiger partial charge in [0.05, 0.1) is 6.20 Å². The van der Waals surface area contributed by atoms with E-state index >= 15 is 0 Å². The largest absolute Gasteiger partial charge is 0.365 e. The zero-order valence-corrected chi connectivity index (χ0v) is 11.1. The summed E-state index contributed by atoms with van der Waals surface area (Å²) in [6, 6.07) is 0.250. The Kier molecular flexibility index (Phi) is 6.19. The summed E-state index contributed by atoms with van der Waals surface area (Å²) in [4.78, 5) is 7.47. The van der Waals surface area contributed by atoms with Crippen molar-refractivity contribution in [1.82, 2.24) is 9.97 Å². The van der Waals surface area contributed by atoms with Gasteiger partial charge in [-0.1, -0.05) is 33.1 Å². The van der Waals surface area contributed by atoms with Gasteiger partial charge in [0.1, 0.15) is 0 Å². The summed E-state index contributed by atoms with van der Waals surface area (Å²) in [6.45, 7) is 4.26. The van der Waals surface area contributed by atoms with Crippen molar-refractivity contribution in [3.63, 3.8) is 0 Å². The summed E-state index contributed by atoms with van der Waals surface area (Å²) >= 11 is 5.65. The van der Waals surface area contributed by atoms with Crippen LogP contribution < -0.4 is 5.32 Å². The van der Waals surface area contributed by atoms with E-state index in [4.69, 9.17) is 11.6 Å². The van der Waals surface area contributed by atoms with E-state index in [-0.39, 0.29) is 17.1 Å². The number of hydrogen-bond donors (Lipinski definition) is 1. The third kappa shape index (κ3) is 4.86. The number of halogens is 2. The van der Waals surface area contributed by atoms with Crippen LogP contribution in [0, 0.1) is 5.82 Å². The Morgan fingerprint density at radius 3 is 2.76 bits per heavy atom. The lowest BCUT2D eigenvalue weighted by Crippen LogP contribution is -2.21. The molecule has 0 aliphatic heterocycles. The average Bonchev–Trinajstić information content (AvgIpc) is 2.31. The molecule has 0 fully saturated rings. The lowest BCUT2D eigenvalue weighted by molar-refractivity contribution is 0.552. The summed E-state index contributed by atoms with van der Waals surface area (Å²) < 4.78 is 13.4. The molecule has 0 radical (unpaired) electrons. The second kappa shape index (κ2) is 7.43. The van der Waals surface area contributed by atoms with Gasteiger partial charge in [-0.3, -0.25) is 0 Å². The molecule has 5 heteroatoms. The molecule has 0 amide bonds. The van der Waals surface area contributed by atoms with Crippen molar-refractivity contribution in [3.05, 3.63) is 17.3 Å². The summed E-state index contributed by atoms with van der Waals surface area (Å²) in [5.41, 5.74) is 0. The molecule has 1 atom stereocenters. The molecule has 1 aromatic rings. The molecule has 1 heterocycles. The fraction of sp³-hybridized carbons (Fsp3) is 0.667. The van der Waals surface area contributed by atoms with E-state index in [1.807, 2.05) is 0 Å². The summed E-state index contributed by atoms with van der Waals surface area (Å²) in [5, 5.41) is 3.18. The monoisotopic (exact) mass is 259 g/mol. The van der Waals surface area contributed by atoms with Gasteiger partial charge in [-0.05, 0) is 24.4 Å². The Bertz CT molecular complexity index is 347. The van der Waals surface area contributed by atoms with Gasteiger partial charge in [-0.25, -0.2) is 9.37 Å². The first kappa shape index (κ1) is 14.2. The molecule has 1 N–H and O–H groups in total. The lowest BCUT2D eigenvalue weighted by Gasteiger charge is -2.18. The maximum Gasteiger partial charge on any atom is 0.224 e. The van der Waals surface area contributed by atoms with Gasteiger partial charge in [-0.2, -0.15) is 4.98 Å². The van der Waals surface area contributed by atoms with Crippen LogP contribution in [-0.2, 0) is 0 Å². The van der Waals surface area contributed by atoms with Crippen molar-refractivity contribution in [2.45, 2.75) is 52.0 Å². The predicted molar refractivity (Wildman–Crippen MR) is 68.8 cm³/mol. The lowest BCUT2D eigenvalue weighted by atomic mass is 10.1. The van der Waals surface area contributed by atoms with Gasteiger partial charge in [0.25, 0.3) is 0 Å². The Balaban J connectivity index is 2.67. The second-order valence-electron chi connectivity index (χ2n) is 4.11. The van der Waals surface area contributed by atoms with Crippen molar-refractivity contribution >= 4 is 17.4 Å². The van der Waals surface area contributed by atoms with Gasteiger partial charge >= 0.3 is 0 Å². The molecule has 0 saturated carbocycles. The standard InChI is InChI=1S/C12H19ClFN3/c1-3-5-7-9(6-4-2)16-11-10(14)8-15-12(13)17-11/h8-9H,3-7H2,1-2H3,(H,15,16,17). The van der Waals surface area contributed by atoms with Crippen LogP contribution in [0.2, 0.25) is 5.28 Å². The topological polar surface area (TPSA) is 37.8 Å². The highest BCUT2D eigenvalue weighted by molar-refractivity contribution is 6.28. The molecule has 0 spiro atoms. The molecule has 0 saturated heterocycles. The quantitative estimate of drug-likeness (QED) is 0.751. The maximum atomic E-state index is 13.4. The Hall–Kier alpha value is -0.900. The summed E-state index contributed by atoms with van der Waals surface area (Å²) in [6.07, 6.45) is 6.43. The average molecular weight is 260 g/mol. The zero-order valence-electron chi connectivity index (χ0n) is 10.3. The maximum absolute atomic E-state index is 13.4. The van der Waals surface area contributed by atoms with Crippen LogP contribution in [0.3, 0.4) is 0 Å². The van der Waals surface area contributed by atoms with E-state index in [0.717, 1.165) is 38.3 Å². The summed E-state index contributed by atoms with van der Waals surface area (Å²) in [5.74, 6) is -0.244. The van der Waals surface area contributed by atoms with E-state index < -0.39 is 5.82 Å². The molecule has 1 aromatic heterocycles. The van der Waals surface area contributed by atoms with Crippen LogP contribution in [-0.4, -0.2) is 16.0 Å². The van der Waals surface area contributed by atoms with Gasteiger partial charge in [0.2, 0.25) is 5.28 Å². The zero-order chi connectivity index (χ0) is 12.7. The highest BCUT2D eigenvalue weighted by Gasteiger charge is 2.12. The van der Waals surface area contributed by atoms with E-state index in [1.54, 1.807) is 0 Å². The van der Waals surface area contributed by atoms with Crippen molar-refractivity contribution in [3.8, 4) is 0 Å². The van der Waals surface area contributed by atoms with Crippen molar-refractivity contribution < 1.29 is 4.39 Å². The molecule has 0 aliphatic carbocycles. The SMILES string of the molecule is CCCCC(CCC)Nc1nc(Cl)ncc1F. The van der Waals surface area contributed by atoms with Crippen molar-refractivity contribution in [1.29, 1.82) is 0 Å². The van der Waals surface area contributed by atoms with Crippen LogP contribution in [0.4, 0.5) is 10.2 Å². The molecule has 1 unspecified atom stereocenters. The van der Waals surface area contributed by atoms with Gasteiger partial charge in [-0.15, -0.1) is 0 Å². The van der Waals surface area contributed by atoms with Crippen LogP contribution in [0.25, 0.3) is 0 Å². The molecule has 0 aliphatic rings. The van der Waals surface area contributed by atoms with Crippen molar-refractivity contribution in [2.75, 3.05) is 5.32 Å². The molecular formula is C12H19ClFN3. The van der Waals surface area contributed by atoms with Crippen LogP contribution in [0.1, 0.15) is 46.0 Å². The highest BCUT2D eigenvalue weighted by atomic mass is 35.5. The van der Waals surface area contributed by atoms with Crippen LogP contribution in [0.5, 0.6) is 0 Å². The van der Waals surface area contributed by atoms with Gasteiger partial charge < -0.3 is 5.32 Å². The molecule has 1 rings (SSSR count). The second-order valence-corrected chi connectivity index (χ2v) is 4.45. The normalized spacial score (nSPS) is 12.5. The van der Waals surface area contributed by atoms with E-state index in [2.05, 4.69) is 29.1 Å². The Labute approximate surface area is 107 Å². The number of aromatic nitrogens is 2. The fourth-order valence-electron chi connectivity index (χ4n) is 1.73. The molecule has 96 valence electrons. The van der Waals surface area contributed by atoms with Crippen molar-refractivity contribution in [2.24, 2.45) is 0 Å². The minimum absolute atomic E-state index is 0.0691. The first-order valence-electron chi connectivity index (χ1n) is 6.12. The number of nitrogens with one attached hydrogen (secondary N) is 1. The Morgan fingerprint density at radius 2 is 2.12 bits per heavy atom. The van der Waals surface area contributed by atoms with E-state index in [0.29, 0.717) is 0 Å². The Morgan fingerprint density at radius 1 is 1.35 bits per heavy atom. The van der Waals surface area contributed by atoms with Gasteiger partial charge in [0.15, 0.2) is 11.6 Å². The summed E-state index contributed by atoms with van der Waals surface area (Å²) in [7, 11) is 0. The number of rotatable bonds is 7. The number of nitrogens with zero attached hydrogens (tertiary/aromatic N) is 2. The van der Waals surface area contributed by atoms with Crippen LogP contribution >= 0.6 is 11.6 Å². The molecule has 0 aromatic carbocycles. The minimum atomic E-state index is -0.452. The number of anilines is 1. The number of unbranched alkanes of at least 4 members (excludes halogenated alkanes) is 1. The molecule has 3 nitrogen and oxygen atoms in total. The first-order chi connectivity index (χ1) is 8.17. The number of hydrogen-bond acceptors (Lipinski definition) is 3.